The quantitative estimate of drug-likeness (QED) is 0.563. The molecule has 0 saturated carbocycles. The van der Waals surface area contributed by atoms with Gasteiger partial charge in [0.1, 0.15) is 18.2 Å². The molecule has 0 bridgehead atoms. The fraction of sp³-hybridized carbons (Fsp3) is 0.348. The van der Waals surface area contributed by atoms with Crippen molar-refractivity contribution in [1.82, 2.24) is 20.2 Å². The van der Waals surface area contributed by atoms with E-state index in [1.807, 2.05) is 11.9 Å². The maximum atomic E-state index is 14.4. The van der Waals surface area contributed by atoms with Crippen LogP contribution in [0.1, 0.15) is 12.8 Å². The Morgan fingerprint density at radius 1 is 1.27 bits per heavy atom. The van der Waals surface area contributed by atoms with Gasteiger partial charge in [0.05, 0.1) is 29.4 Å². The van der Waals surface area contributed by atoms with E-state index >= 15 is 0 Å². The second-order valence-electron chi connectivity index (χ2n) is 7.84. The fourth-order valence-corrected chi connectivity index (χ4v) is 4.13. The molecular weight excluding hydrogens is 449 g/mol. The van der Waals surface area contributed by atoms with Crippen LogP contribution in [0.4, 0.5) is 15.9 Å². The van der Waals surface area contributed by atoms with Gasteiger partial charge in [0, 0.05) is 31.5 Å². The Kier molecular flexibility index (Phi) is 6.80. The summed E-state index contributed by atoms with van der Waals surface area (Å²) in [6, 6.07) is 7.95. The van der Waals surface area contributed by atoms with Crippen molar-refractivity contribution >= 4 is 39.9 Å². The van der Waals surface area contributed by atoms with Gasteiger partial charge in [-0.25, -0.2) is 14.4 Å². The molecule has 1 saturated heterocycles. The first-order valence-corrected chi connectivity index (χ1v) is 10.9. The third-order valence-electron chi connectivity index (χ3n) is 5.79. The minimum Gasteiger partial charge on any atom is -0.493 e. The number of benzene rings is 2. The first kappa shape index (κ1) is 23.0. The van der Waals surface area contributed by atoms with Crippen molar-refractivity contribution in [3.8, 4) is 11.5 Å². The Bertz CT molecular complexity index is 1180. The van der Waals surface area contributed by atoms with Crippen molar-refractivity contribution in [1.29, 1.82) is 0 Å². The van der Waals surface area contributed by atoms with Crippen LogP contribution in [0.3, 0.4) is 0 Å². The summed E-state index contributed by atoms with van der Waals surface area (Å²) in [6.45, 7) is 0.725. The van der Waals surface area contributed by atoms with E-state index in [9.17, 15) is 9.18 Å². The van der Waals surface area contributed by atoms with E-state index in [2.05, 4.69) is 20.6 Å². The van der Waals surface area contributed by atoms with Crippen molar-refractivity contribution in [3.05, 3.63) is 47.5 Å². The van der Waals surface area contributed by atoms with Gasteiger partial charge in [-0.3, -0.25) is 9.69 Å². The zero-order valence-electron chi connectivity index (χ0n) is 18.6. The summed E-state index contributed by atoms with van der Waals surface area (Å²) in [5.41, 5.74) is 0.801. The highest BCUT2D eigenvalue weighted by Gasteiger charge is 2.32. The van der Waals surface area contributed by atoms with E-state index in [0.29, 0.717) is 34.6 Å². The number of hydrogen-bond acceptors (Lipinski definition) is 7. The predicted octanol–water partition coefficient (Wildman–Crippen LogP) is 3.76. The second-order valence-corrected chi connectivity index (χ2v) is 8.25. The van der Waals surface area contributed by atoms with Gasteiger partial charge in [-0.05, 0) is 31.7 Å². The topological polar surface area (TPSA) is 88.6 Å². The molecule has 0 unspecified atom stereocenters. The summed E-state index contributed by atoms with van der Waals surface area (Å²) in [5.74, 6) is 0.804. The molecule has 174 valence electrons. The zero-order chi connectivity index (χ0) is 23.5. The van der Waals surface area contributed by atoms with Gasteiger partial charge in [-0.2, -0.15) is 0 Å². The van der Waals surface area contributed by atoms with Crippen molar-refractivity contribution < 1.29 is 18.7 Å². The summed E-state index contributed by atoms with van der Waals surface area (Å²) in [6.07, 6.45) is 2.51. The maximum absolute atomic E-state index is 14.4. The summed E-state index contributed by atoms with van der Waals surface area (Å²) < 4.78 is 26.3. The van der Waals surface area contributed by atoms with Crippen LogP contribution in [-0.4, -0.2) is 60.7 Å². The number of carbonyl (C=O) groups is 1. The van der Waals surface area contributed by atoms with Gasteiger partial charge >= 0.3 is 0 Å². The van der Waals surface area contributed by atoms with Crippen LogP contribution >= 0.6 is 11.6 Å². The molecule has 1 aliphatic rings. The molecule has 1 fully saturated rings. The molecule has 0 aliphatic carbocycles. The molecule has 2 atom stereocenters. The van der Waals surface area contributed by atoms with E-state index in [-0.39, 0.29) is 28.8 Å². The zero-order valence-corrected chi connectivity index (χ0v) is 19.3. The molecule has 4 rings (SSSR count). The first-order valence-electron chi connectivity index (χ1n) is 10.5. The van der Waals surface area contributed by atoms with Crippen LogP contribution in [0.25, 0.3) is 10.9 Å². The highest BCUT2D eigenvalue weighted by atomic mass is 35.5. The van der Waals surface area contributed by atoms with E-state index in [0.717, 1.165) is 13.0 Å². The lowest BCUT2D eigenvalue weighted by atomic mass is 9.99. The number of rotatable bonds is 6. The number of halogens is 2. The van der Waals surface area contributed by atoms with Gasteiger partial charge in [-0.1, -0.05) is 17.7 Å². The molecule has 1 aliphatic heterocycles. The average Bonchev–Trinajstić information content (AvgIpc) is 2.82. The number of nitrogens with zero attached hydrogens (tertiary/aromatic N) is 3. The Hall–Kier alpha value is -3.17. The summed E-state index contributed by atoms with van der Waals surface area (Å²) >= 11 is 5.91. The van der Waals surface area contributed by atoms with Crippen molar-refractivity contribution in [3.63, 3.8) is 0 Å². The maximum Gasteiger partial charge on any atom is 0.237 e. The molecular formula is C23H25ClFN5O3. The Morgan fingerprint density at radius 2 is 2.09 bits per heavy atom. The molecule has 3 aromatic rings. The third kappa shape index (κ3) is 4.79. The van der Waals surface area contributed by atoms with E-state index in [1.165, 1.54) is 12.4 Å². The van der Waals surface area contributed by atoms with Gasteiger partial charge in [-0.15, -0.1) is 0 Å². The van der Waals surface area contributed by atoms with Crippen LogP contribution in [-0.2, 0) is 4.79 Å². The monoisotopic (exact) mass is 473 g/mol. The van der Waals surface area contributed by atoms with Crippen molar-refractivity contribution in [2.24, 2.45) is 0 Å². The van der Waals surface area contributed by atoms with Gasteiger partial charge < -0.3 is 20.1 Å². The number of carbonyl (C=O) groups excluding carboxylic acids is 1. The van der Waals surface area contributed by atoms with Crippen LogP contribution in [0.5, 0.6) is 11.5 Å². The highest BCUT2D eigenvalue weighted by molar-refractivity contribution is 6.31. The Labute approximate surface area is 196 Å². The molecule has 2 N–H and O–H groups in total. The van der Waals surface area contributed by atoms with Gasteiger partial charge in [0.25, 0.3) is 0 Å². The largest absolute Gasteiger partial charge is 0.493 e. The third-order valence-corrected chi connectivity index (χ3v) is 6.08. The van der Waals surface area contributed by atoms with Crippen LogP contribution in [0, 0.1) is 5.82 Å². The molecule has 33 heavy (non-hydrogen) atoms. The first-order chi connectivity index (χ1) is 15.9. The van der Waals surface area contributed by atoms with Crippen molar-refractivity contribution in [2.45, 2.75) is 25.0 Å². The van der Waals surface area contributed by atoms with Gasteiger partial charge in [0.15, 0.2) is 17.3 Å². The number of amides is 1. The molecule has 1 amide bonds. The average molecular weight is 474 g/mol. The number of ether oxygens (including phenoxy) is 2. The second kappa shape index (κ2) is 9.76. The van der Waals surface area contributed by atoms with E-state index < -0.39 is 5.82 Å². The lowest BCUT2D eigenvalue weighted by Crippen LogP contribution is -2.51. The van der Waals surface area contributed by atoms with Crippen molar-refractivity contribution in [2.75, 3.05) is 33.1 Å². The number of fused-ring (bicyclic) bond motifs is 1. The Morgan fingerprint density at radius 3 is 2.85 bits per heavy atom. The molecule has 2 heterocycles. The molecule has 0 radical (unpaired) electrons. The van der Waals surface area contributed by atoms with Crippen LogP contribution < -0.4 is 20.1 Å². The van der Waals surface area contributed by atoms with Crippen LogP contribution in [0.15, 0.2) is 36.7 Å². The van der Waals surface area contributed by atoms with Crippen LogP contribution in [0.2, 0.25) is 5.02 Å². The molecule has 8 nitrogen and oxygen atoms in total. The van der Waals surface area contributed by atoms with E-state index in [1.54, 1.807) is 38.4 Å². The fourth-order valence-electron chi connectivity index (χ4n) is 3.95. The number of aromatic nitrogens is 2. The molecule has 1 aromatic heterocycles. The summed E-state index contributed by atoms with van der Waals surface area (Å²) in [4.78, 5) is 22.9. The number of likely N-dealkylation sites (tertiary alicyclic amines) is 1. The standard InChI is InChI=1S/C23H25ClFN5O3/c1-26-23(31)18-9-13(7-8-30(18)2)33-20-10-14-17(11-19(20)32-3)27-12-28-22(14)29-16-6-4-5-15(24)21(16)25/h4-6,10-13,18H,7-9H2,1-3H3,(H,26,31)(H,27,28,29)/t13-,18-/m1/s1. The lowest BCUT2D eigenvalue weighted by molar-refractivity contribution is -0.127. The van der Waals surface area contributed by atoms with E-state index in [4.69, 9.17) is 21.1 Å². The minimum absolute atomic E-state index is 0.0111. The lowest BCUT2D eigenvalue weighted by Gasteiger charge is -2.36. The number of anilines is 2. The minimum atomic E-state index is -0.567. The SMILES string of the molecule is CNC(=O)[C@H]1C[C@H](Oc2cc3c(Nc4cccc(Cl)c4F)ncnc3cc2OC)CCN1C. The molecule has 0 spiro atoms. The number of methoxy groups -OCH3 is 1. The highest BCUT2D eigenvalue weighted by Crippen LogP contribution is 2.37. The normalized spacial score (nSPS) is 18.7. The van der Waals surface area contributed by atoms with Gasteiger partial charge in [0.2, 0.25) is 5.91 Å². The number of piperidine rings is 1. The summed E-state index contributed by atoms with van der Waals surface area (Å²) in [7, 11) is 5.11. The number of likely N-dealkylation sites (N-methyl/N-ethyl adjacent to an activating group) is 2. The summed E-state index contributed by atoms with van der Waals surface area (Å²) in [5, 5.41) is 6.34. The Balaban J connectivity index is 1.66. The molecule has 2 aromatic carbocycles. The molecule has 10 heteroatoms. The smallest absolute Gasteiger partial charge is 0.237 e. The number of nitrogens with one attached hydrogen (secondary N) is 2. The number of hydrogen-bond donors (Lipinski definition) is 2. The predicted molar refractivity (Wildman–Crippen MR) is 125 cm³/mol.